The van der Waals surface area contributed by atoms with E-state index in [1.165, 1.54) is 18.9 Å². The fourth-order valence-corrected chi connectivity index (χ4v) is 4.81. The Morgan fingerprint density at radius 3 is 2.51 bits per heavy atom. The first-order chi connectivity index (χ1) is 17.9. The summed E-state index contributed by atoms with van der Waals surface area (Å²) in [5, 5.41) is 20.8. The topological polar surface area (TPSA) is 129 Å². The number of hydrogen-bond donors (Lipinski definition) is 4. The molecule has 2 bridgehead atoms. The Morgan fingerprint density at radius 1 is 1.19 bits per heavy atom. The Morgan fingerprint density at radius 2 is 1.97 bits per heavy atom. The Hall–Kier alpha value is -3.70. The number of halogens is 2. The second-order valence-corrected chi connectivity index (χ2v) is 9.76. The lowest BCUT2D eigenvalue weighted by Crippen LogP contribution is -2.67. The number of imidazole rings is 1. The molecule has 0 unspecified atom stereocenters. The van der Waals surface area contributed by atoms with Gasteiger partial charge in [-0.2, -0.15) is 5.10 Å². The van der Waals surface area contributed by atoms with Crippen LogP contribution < -0.4 is 10.6 Å². The minimum absolute atomic E-state index is 0.0382. The maximum absolute atomic E-state index is 13.4. The van der Waals surface area contributed by atoms with Gasteiger partial charge >= 0.3 is 6.09 Å². The number of carboxylic acid groups (broad SMARTS) is 1. The predicted molar refractivity (Wildman–Crippen MR) is 137 cm³/mol. The van der Waals surface area contributed by atoms with E-state index in [-0.39, 0.29) is 10.6 Å². The number of H-pyrrole nitrogens is 1. The highest BCUT2D eigenvalue weighted by molar-refractivity contribution is 6.31. The molecule has 4 aliphatic rings. The summed E-state index contributed by atoms with van der Waals surface area (Å²) < 4.78 is 20.1. The van der Waals surface area contributed by atoms with Crippen molar-refractivity contribution in [1.29, 1.82) is 0 Å². The van der Waals surface area contributed by atoms with E-state index in [0.717, 1.165) is 38.4 Å². The molecule has 0 atom stereocenters. The normalized spacial score (nSPS) is 21.0. The molecule has 12 heteroatoms. The van der Waals surface area contributed by atoms with Crippen LogP contribution in [-0.4, -0.2) is 54.5 Å². The number of nitrogens with zero attached hydrogens (tertiary/aromatic N) is 4. The molecule has 4 N–H and O–H groups in total. The van der Waals surface area contributed by atoms with Crippen molar-refractivity contribution in [3.63, 3.8) is 0 Å². The third kappa shape index (κ3) is 5.83. The van der Waals surface area contributed by atoms with Crippen molar-refractivity contribution in [3.05, 3.63) is 59.8 Å². The first-order valence-corrected chi connectivity index (χ1v) is 12.4. The van der Waals surface area contributed by atoms with Gasteiger partial charge in [0.1, 0.15) is 17.3 Å². The molecular weight excluding hydrogens is 501 g/mol. The molecule has 8 rings (SSSR count). The molecule has 4 fully saturated rings. The van der Waals surface area contributed by atoms with Crippen LogP contribution >= 0.6 is 11.6 Å². The van der Waals surface area contributed by atoms with E-state index in [0.29, 0.717) is 28.7 Å². The average molecular weight is 528 g/mol. The van der Waals surface area contributed by atoms with Gasteiger partial charge in [0.15, 0.2) is 0 Å². The number of anilines is 2. The molecule has 3 saturated carbocycles. The molecular formula is C25H27ClFN7O3. The molecule has 1 amide bonds. The number of aromatic amines is 1. The van der Waals surface area contributed by atoms with Crippen LogP contribution in [0.15, 0.2) is 48.9 Å². The summed E-state index contributed by atoms with van der Waals surface area (Å²) in [5.41, 5.74) is 2.08. The number of aromatic nitrogens is 5. The minimum Gasteiger partial charge on any atom is -0.465 e. The maximum atomic E-state index is 13.4. The molecule has 0 spiro atoms. The second-order valence-electron chi connectivity index (χ2n) is 9.35. The number of nitrogens with one attached hydrogen (secondary N) is 3. The van der Waals surface area contributed by atoms with Crippen LogP contribution in [0.4, 0.5) is 21.0 Å². The van der Waals surface area contributed by atoms with Crippen LogP contribution in [0, 0.1) is 11.7 Å². The van der Waals surface area contributed by atoms with Gasteiger partial charge in [-0.1, -0.05) is 11.6 Å². The third-order valence-electron chi connectivity index (χ3n) is 6.59. The molecule has 3 aliphatic carbocycles. The summed E-state index contributed by atoms with van der Waals surface area (Å²) in [7, 11) is 0. The second kappa shape index (κ2) is 10.7. The zero-order valence-corrected chi connectivity index (χ0v) is 20.7. The quantitative estimate of drug-likeness (QED) is 0.285. The Balaban J connectivity index is 0.000000162. The zero-order chi connectivity index (χ0) is 25.8. The van der Waals surface area contributed by atoms with E-state index < -0.39 is 11.9 Å². The van der Waals surface area contributed by atoms with E-state index in [1.807, 2.05) is 6.07 Å². The van der Waals surface area contributed by atoms with Crippen LogP contribution in [0.2, 0.25) is 5.02 Å². The number of amides is 1. The monoisotopic (exact) mass is 527 g/mol. The maximum Gasteiger partial charge on any atom is 0.405 e. The van der Waals surface area contributed by atoms with Crippen molar-refractivity contribution in [2.45, 2.75) is 37.6 Å². The van der Waals surface area contributed by atoms with Gasteiger partial charge in [0.2, 0.25) is 5.95 Å². The Labute approximate surface area is 217 Å². The predicted octanol–water partition coefficient (Wildman–Crippen LogP) is 5.26. The Kier molecular flexibility index (Phi) is 7.24. The van der Waals surface area contributed by atoms with Gasteiger partial charge in [0.25, 0.3) is 0 Å². The van der Waals surface area contributed by atoms with Gasteiger partial charge < -0.3 is 20.5 Å². The molecule has 10 nitrogen and oxygen atoms in total. The molecule has 1 aliphatic heterocycles. The molecule has 0 radical (unpaired) electrons. The highest BCUT2D eigenvalue weighted by atomic mass is 35.5. The molecule has 1 saturated heterocycles. The molecule has 37 heavy (non-hydrogen) atoms. The lowest BCUT2D eigenvalue weighted by Gasteiger charge is -2.61. The number of hydrogen-bond acceptors (Lipinski definition) is 6. The van der Waals surface area contributed by atoms with Crippen LogP contribution in [0.3, 0.4) is 0 Å². The van der Waals surface area contributed by atoms with Crippen molar-refractivity contribution < 1.29 is 19.0 Å². The smallest absolute Gasteiger partial charge is 0.405 e. The van der Waals surface area contributed by atoms with Crippen molar-refractivity contribution in [3.8, 4) is 11.3 Å². The van der Waals surface area contributed by atoms with Crippen molar-refractivity contribution >= 4 is 35.1 Å². The molecule has 194 valence electrons. The number of carbonyl (C=O) groups is 1. The Bertz CT molecular complexity index is 1350. The lowest BCUT2D eigenvalue weighted by atomic mass is 9.50. The number of ether oxygens (including phenoxy) is 1. The number of fused-ring (bicyclic) bond motifs is 1. The fourth-order valence-electron chi connectivity index (χ4n) is 4.63. The highest BCUT2D eigenvalue weighted by Crippen LogP contribution is 2.56. The van der Waals surface area contributed by atoms with Gasteiger partial charge in [-0.25, -0.2) is 19.2 Å². The van der Waals surface area contributed by atoms with Crippen LogP contribution in [0.5, 0.6) is 0 Å². The van der Waals surface area contributed by atoms with Crippen molar-refractivity contribution in [2.24, 2.45) is 5.92 Å². The lowest BCUT2D eigenvalue weighted by molar-refractivity contribution is -0.0448. The fraction of sp³-hybridized carbons (Fsp3) is 0.360. The van der Waals surface area contributed by atoms with Crippen molar-refractivity contribution in [2.75, 3.05) is 18.5 Å². The molecule has 3 aromatic heterocycles. The minimum atomic E-state index is -0.867. The van der Waals surface area contributed by atoms with Crippen LogP contribution in [0.1, 0.15) is 32.1 Å². The van der Waals surface area contributed by atoms with E-state index in [2.05, 4.69) is 30.8 Å². The summed E-state index contributed by atoms with van der Waals surface area (Å²) in [6, 6.07) is 8.08. The van der Waals surface area contributed by atoms with Crippen LogP contribution in [-0.2, 0) is 4.74 Å². The third-order valence-corrected chi connectivity index (χ3v) is 6.88. The largest absolute Gasteiger partial charge is 0.465 e. The van der Waals surface area contributed by atoms with Gasteiger partial charge in [0, 0.05) is 48.8 Å². The van der Waals surface area contributed by atoms with Gasteiger partial charge in [-0.15, -0.1) is 0 Å². The number of rotatable bonds is 4. The van der Waals surface area contributed by atoms with E-state index in [9.17, 15) is 9.18 Å². The summed E-state index contributed by atoms with van der Waals surface area (Å²) in [6.07, 6.45) is 10.0. The summed E-state index contributed by atoms with van der Waals surface area (Å²) >= 11 is 5.86. The van der Waals surface area contributed by atoms with Gasteiger partial charge in [-0.3, -0.25) is 9.50 Å². The number of benzene rings is 1. The van der Waals surface area contributed by atoms with E-state index in [1.54, 1.807) is 41.2 Å². The van der Waals surface area contributed by atoms with Gasteiger partial charge in [0.05, 0.1) is 16.9 Å². The molecule has 4 heterocycles. The molecule has 1 aromatic carbocycles. The first-order valence-electron chi connectivity index (χ1n) is 12.1. The molecule has 4 aromatic rings. The summed E-state index contributed by atoms with van der Waals surface area (Å²) in [5.74, 6) is 1.63. The SMILES string of the molecule is C1CCOC1.Fc1ccc(-c2cc3nccn3c(Nc3ccn[nH]3)n2)cc1Cl.O=C(O)NC12CC(C1)C2. The van der Waals surface area contributed by atoms with Crippen LogP contribution in [0.25, 0.3) is 16.9 Å². The zero-order valence-electron chi connectivity index (χ0n) is 20.0. The highest BCUT2D eigenvalue weighted by Gasteiger charge is 2.57. The summed E-state index contributed by atoms with van der Waals surface area (Å²) in [6.45, 7) is 2.00. The summed E-state index contributed by atoms with van der Waals surface area (Å²) in [4.78, 5) is 19.0. The van der Waals surface area contributed by atoms with Crippen molar-refractivity contribution in [1.82, 2.24) is 29.9 Å². The van der Waals surface area contributed by atoms with E-state index >= 15 is 0 Å². The first kappa shape index (κ1) is 25.0. The van der Waals surface area contributed by atoms with E-state index in [4.69, 9.17) is 21.4 Å². The van der Waals surface area contributed by atoms with Gasteiger partial charge in [-0.05, 0) is 56.2 Å². The average Bonchev–Trinajstić information content (AvgIpc) is 3.61. The standard InChI is InChI=1S/C15H10ClFN6.C6H9NO2.C4H8O/c16-10-7-9(1-2-11(10)17)12-8-14-18-5-6-23(14)15(20-12)21-13-3-4-19-22-13;8-5(9)7-6-1-4(2-6)3-6;1-2-4-5-3-1/h1-8H,(H2,19,20,21,22);4,7H,1-3H2,(H,8,9);1-4H2.